The van der Waals surface area contributed by atoms with Gasteiger partial charge in [0, 0.05) is 51.5 Å². The fraction of sp³-hybridized carbons (Fsp3) is 0.533. The highest BCUT2D eigenvalue weighted by Crippen LogP contribution is 2.01. The number of hydrogen-bond acceptors (Lipinski definition) is 4. The van der Waals surface area contributed by atoms with Crippen molar-refractivity contribution in [2.24, 2.45) is 0 Å². The predicted molar refractivity (Wildman–Crippen MR) is 79.6 cm³/mol. The molecule has 1 aliphatic heterocycles. The molecule has 6 heteroatoms. The van der Waals surface area contributed by atoms with Crippen LogP contribution in [0.15, 0.2) is 24.4 Å². The van der Waals surface area contributed by atoms with Gasteiger partial charge in [-0.1, -0.05) is 6.07 Å². The van der Waals surface area contributed by atoms with Gasteiger partial charge in [-0.25, -0.2) is 0 Å². The van der Waals surface area contributed by atoms with E-state index in [4.69, 9.17) is 0 Å². The monoisotopic (exact) mass is 290 g/mol. The van der Waals surface area contributed by atoms with Gasteiger partial charge in [-0.15, -0.1) is 0 Å². The Morgan fingerprint density at radius 2 is 2.19 bits per heavy atom. The molecule has 0 atom stereocenters. The van der Waals surface area contributed by atoms with E-state index in [0.29, 0.717) is 26.1 Å². The number of pyridine rings is 1. The summed E-state index contributed by atoms with van der Waals surface area (Å²) in [6, 6.07) is 5.69. The molecule has 2 heterocycles. The zero-order valence-corrected chi connectivity index (χ0v) is 12.4. The largest absolute Gasteiger partial charge is 0.337 e. The van der Waals surface area contributed by atoms with Crippen molar-refractivity contribution in [3.63, 3.8) is 0 Å². The van der Waals surface area contributed by atoms with Crippen LogP contribution in [-0.2, 0) is 16.0 Å². The van der Waals surface area contributed by atoms with E-state index in [1.807, 2.05) is 18.2 Å². The lowest BCUT2D eigenvalue weighted by atomic mass is 10.2. The number of hydrogen-bond donors (Lipinski definition) is 1. The molecule has 1 aromatic heterocycles. The molecule has 6 nitrogen and oxygen atoms in total. The molecule has 0 aliphatic carbocycles. The van der Waals surface area contributed by atoms with Crippen LogP contribution in [0.5, 0.6) is 0 Å². The van der Waals surface area contributed by atoms with Gasteiger partial charge in [-0.3, -0.25) is 14.6 Å². The SMILES string of the molecule is CN(CCc1ccccn1)C(=O)C(=O)N1CCCNCC1. The summed E-state index contributed by atoms with van der Waals surface area (Å²) in [5, 5.41) is 3.22. The van der Waals surface area contributed by atoms with Gasteiger partial charge >= 0.3 is 11.8 Å². The third kappa shape index (κ3) is 4.53. The van der Waals surface area contributed by atoms with Gasteiger partial charge in [-0.05, 0) is 25.1 Å². The fourth-order valence-electron chi connectivity index (χ4n) is 2.28. The highest BCUT2D eigenvalue weighted by Gasteiger charge is 2.25. The van der Waals surface area contributed by atoms with Gasteiger partial charge in [0.05, 0.1) is 0 Å². The lowest BCUT2D eigenvalue weighted by molar-refractivity contribution is -0.150. The molecule has 0 saturated carbocycles. The van der Waals surface area contributed by atoms with Crippen LogP contribution in [0.1, 0.15) is 12.1 Å². The van der Waals surface area contributed by atoms with E-state index in [9.17, 15) is 9.59 Å². The van der Waals surface area contributed by atoms with Crippen molar-refractivity contribution in [2.75, 3.05) is 39.8 Å². The first kappa shape index (κ1) is 15.4. The lowest BCUT2D eigenvalue weighted by Gasteiger charge is -2.23. The Morgan fingerprint density at radius 1 is 1.33 bits per heavy atom. The summed E-state index contributed by atoms with van der Waals surface area (Å²) < 4.78 is 0. The van der Waals surface area contributed by atoms with Crippen molar-refractivity contribution >= 4 is 11.8 Å². The second-order valence-electron chi connectivity index (χ2n) is 5.19. The molecule has 0 spiro atoms. The van der Waals surface area contributed by atoms with Crippen LogP contribution < -0.4 is 5.32 Å². The zero-order valence-electron chi connectivity index (χ0n) is 12.4. The molecule has 0 radical (unpaired) electrons. The third-order valence-corrected chi connectivity index (χ3v) is 3.59. The Morgan fingerprint density at radius 3 is 2.95 bits per heavy atom. The average Bonchev–Trinajstić information content (AvgIpc) is 2.81. The number of rotatable bonds is 3. The Hall–Kier alpha value is -1.95. The summed E-state index contributed by atoms with van der Waals surface area (Å²) in [6.07, 6.45) is 3.27. The Balaban J connectivity index is 1.84. The van der Waals surface area contributed by atoms with E-state index in [-0.39, 0.29) is 0 Å². The van der Waals surface area contributed by atoms with E-state index >= 15 is 0 Å². The van der Waals surface area contributed by atoms with E-state index < -0.39 is 11.8 Å². The second-order valence-corrected chi connectivity index (χ2v) is 5.19. The molecule has 1 N–H and O–H groups in total. The third-order valence-electron chi connectivity index (χ3n) is 3.59. The number of carbonyl (C=O) groups excluding carboxylic acids is 2. The van der Waals surface area contributed by atoms with Crippen LogP contribution >= 0.6 is 0 Å². The number of likely N-dealkylation sites (N-methyl/N-ethyl adjacent to an activating group) is 1. The minimum atomic E-state index is -0.437. The van der Waals surface area contributed by atoms with Gasteiger partial charge in [0.15, 0.2) is 0 Å². The first-order valence-electron chi connectivity index (χ1n) is 7.33. The average molecular weight is 290 g/mol. The van der Waals surface area contributed by atoms with Crippen molar-refractivity contribution in [1.29, 1.82) is 0 Å². The number of nitrogens with zero attached hydrogens (tertiary/aromatic N) is 3. The first-order valence-corrected chi connectivity index (χ1v) is 7.33. The van der Waals surface area contributed by atoms with E-state index in [1.165, 1.54) is 4.90 Å². The fourth-order valence-corrected chi connectivity index (χ4v) is 2.28. The van der Waals surface area contributed by atoms with Crippen LogP contribution in [0.25, 0.3) is 0 Å². The number of nitrogens with one attached hydrogen (secondary N) is 1. The molecule has 2 amide bonds. The highest BCUT2D eigenvalue weighted by atomic mass is 16.2. The predicted octanol–water partition coefficient (Wildman–Crippen LogP) is -0.0956. The van der Waals surface area contributed by atoms with Crippen molar-refractivity contribution in [3.05, 3.63) is 30.1 Å². The minimum Gasteiger partial charge on any atom is -0.337 e. The van der Waals surface area contributed by atoms with Crippen LogP contribution in [0.3, 0.4) is 0 Å². The summed E-state index contributed by atoms with van der Waals surface area (Å²) in [6.45, 7) is 3.38. The maximum Gasteiger partial charge on any atom is 0.312 e. The maximum absolute atomic E-state index is 12.2. The Bertz CT molecular complexity index is 470. The molecule has 1 aromatic rings. The molecule has 0 bridgehead atoms. The van der Waals surface area contributed by atoms with E-state index in [0.717, 1.165) is 25.2 Å². The summed E-state index contributed by atoms with van der Waals surface area (Å²) >= 11 is 0. The van der Waals surface area contributed by atoms with Gasteiger partial charge < -0.3 is 15.1 Å². The minimum absolute atomic E-state index is 0.401. The molecule has 1 aliphatic rings. The number of aromatic nitrogens is 1. The summed E-state index contributed by atoms with van der Waals surface area (Å²) in [5.74, 6) is -0.838. The molecular formula is C15H22N4O2. The lowest BCUT2D eigenvalue weighted by Crippen LogP contribution is -2.45. The van der Waals surface area contributed by atoms with Gasteiger partial charge in [0.25, 0.3) is 0 Å². The number of amides is 2. The van der Waals surface area contributed by atoms with Gasteiger partial charge in [-0.2, -0.15) is 0 Å². The van der Waals surface area contributed by atoms with Crippen molar-refractivity contribution in [3.8, 4) is 0 Å². The van der Waals surface area contributed by atoms with Crippen LogP contribution in [-0.4, -0.2) is 66.4 Å². The molecular weight excluding hydrogens is 268 g/mol. The standard InChI is InChI=1S/C15H22N4O2/c1-18(11-6-13-5-2-3-8-17-13)14(20)15(21)19-10-4-7-16-9-12-19/h2-3,5,8,16H,4,6-7,9-12H2,1H3. The topological polar surface area (TPSA) is 65.5 Å². The molecule has 0 unspecified atom stereocenters. The van der Waals surface area contributed by atoms with Crippen molar-refractivity contribution in [1.82, 2.24) is 20.1 Å². The van der Waals surface area contributed by atoms with Crippen molar-refractivity contribution in [2.45, 2.75) is 12.8 Å². The second kappa shape index (κ2) is 7.73. The van der Waals surface area contributed by atoms with E-state index in [1.54, 1.807) is 18.1 Å². The summed E-state index contributed by atoms with van der Waals surface area (Å²) in [4.78, 5) is 31.7. The normalized spacial score (nSPS) is 15.4. The molecule has 1 fully saturated rings. The van der Waals surface area contributed by atoms with Gasteiger partial charge in [0.2, 0.25) is 0 Å². The smallest absolute Gasteiger partial charge is 0.312 e. The highest BCUT2D eigenvalue weighted by molar-refractivity contribution is 6.34. The Kier molecular flexibility index (Phi) is 5.68. The summed E-state index contributed by atoms with van der Waals surface area (Å²) in [7, 11) is 1.67. The Labute approximate surface area is 125 Å². The van der Waals surface area contributed by atoms with Crippen LogP contribution in [0, 0.1) is 0 Å². The van der Waals surface area contributed by atoms with Gasteiger partial charge in [0.1, 0.15) is 0 Å². The number of carbonyl (C=O) groups is 2. The van der Waals surface area contributed by atoms with Crippen molar-refractivity contribution < 1.29 is 9.59 Å². The van der Waals surface area contributed by atoms with E-state index in [2.05, 4.69) is 10.3 Å². The van der Waals surface area contributed by atoms with Crippen LogP contribution in [0.4, 0.5) is 0 Å². The zero-order chi connectivity index (χ0) is 15.1. The first-order chi connectivity index (χ1) is 10.2. The molecule has 2 rings (SSSR count). The summed E-state index contributed by atoms with van der Waals surface area (Å²) in [5.41, 5.74) is 0.920. The maximum atomic E-state index is 12.2. The molecule has 114 valence electrons. The molecule has 1 saturated heterocycles. The molecule has 0 aromatic carbocycles. The van der Waals surface area contributed by atoms with Crippen LogP contribution in [0.2, 0.25) is 0 Å². The quantitative estimate of drug-likeness (QED) is 0.790. The molecule has 21 heavy (non-hydrogen) atoms.